The summed E-state index contributed by atoms with van der Waals surface area (Å²) in [7, 11) is 0. The van der Waals surface area contributed by atoms with Crippen molar-refractivity contribution in [2.45, 2.75) is 38.3 Å². The maximum Gasteiger partial charge on any atom is 0.227 e. The van der Waals surface area contributed by atoms with Gasteiger partial charge in [-0.05, 0) is 54.8 Å². The third-order valence-electron chi connectivity index (χ3n) is 4.53. The van der Waals surface area contributed by atoms with E-state index >= 15 is 0 Å². The predicted octanol–water partition coefficient (Wildman–Crippen LogP) is 3.91. The largest absolute Gasteiger partial charge is 0.339 e. The number of hydrogen-bond acceptors (Lipinski definition) is 5. The summed E-state index contributed by atoms with van der Waals surface area (Å²) in [4.78, 5) is 23.1. The summed E-state index contributed by atoms with van der Waals surface area (Å²) in [6.45, 7) is 0.617. The normalized spacial score (nSPS) is 13.5. The second kappa shape index (κ2) is 7.88. The summed E-state index contributed by atoms with van der Waals surface area (Å²) in [5.74, 6) is 1.08. The van der Waals surface area contributed by atoms with Crippen LogP contribution in [0.4, 0.5) is 0 Å². The van der Waals surface area contributed by atoms with Gasteiger partial charge in [-0.2, -0.15) is 4.98 Å². The molecule has 6 nitrogen and oxygen atoms in total. The zero-order chi connectivity index (χ0) is 18.6. The molecule has 1 aliphatic carbocycles. The number of aromatic nitrogens is 3. The fourth-order valence-electron chi connectivity index (χ4n) is 2.92. The number of carbonyl (C=O) groups is 1. The Bertz CT molecular complexity index is 907. The lowest BCUT2D eigenvalue weighted by molar-refractivity contribution is -0.132. The molecule has 0 aliphatic heterocycles. The van der Waals surface area contributed by atoms with Crippen LogP contribution in [0.2, 0.25) is 5.02 Å². The number of hydrogen-bond donors (Lipinski definition) is 0. The molecule has 0 unspecified atom stereocenters. The number of benzene rings is 1. The van der Waals surface area contributed by atoms with Crippen LogP contribution >= 0.6 is 11.6 Å². The zero-order valence-corrected chi connectivity index (χ0v) is 15.5. The van der Waals surface area contributed by atoms with E-state index in [9.17, 15) is 4.79 Å². The average Bonchev–Trinajstić information content (AvgIpc) is 3.43. The average molecular weight is 383 g/mol. The van der Waals surface area contributed by atoms with Gasteiger partial charge in [0.15, 0.2) is 0 Å². The Hall–Kier alpha value is -2.73. The van der Waals surface area contributed by atoms with Gasteiger partial charge >= 0.3 is 0 Å². The molecule has 1 saturated carbocycles. The summed E-state index contributed by atoms with van der Waals surface area (Å²) < 4.78 is 5.30. The molecule has 0 radical (unpaired) electrons. The van der Waals surface area contributed by atoms with Crippen molar-refractivity contribution < 1.29 is 9.32 Å². The van der Waals surface area contributed by atoms with Crippen LogP contribution in [0.25, 0.3) is 11.4 Å². The van der Waals surface area contributed by atoms with E-state index in [2.05, 4.69) is 15.1 Å². The SMILES string of the molecule is O=C(CCc1nc(-c2ccc(Cl)cc2)no1)N(Cc1ccncc1)C1CC1. The topological polar surface area (TPSA) is 72.1 Å². The smallest absolute Gasteiger partial charge is 0.227 e. The lowest BCUT2D eigenvalue weighted by Gasteiger charge is -2.22. The summed E-state index contributed by atoms with van der Waals surface area (Å²) >= 11 is 5.90. The summed E-state index contributed by atoms with van der Waals surface area (Å²) in [5.41, 5.74) is 1.92. The van der Waals surface area contributed by atoms with E-state index in [1.165, 1.54) is 0 Å². The van der Waals surface area contributed by atoms with E-state index < -0.39 is 0 Å². The summed E-state index contributed by atoms with van der Waals surface area (Å²) in [6, 6.07) is 11.5. The van der Waals surface area contributed by atoms with Crippen molar-refractivity contribution in [3.8, 4) is 11.4 Å². The molecule has 1 aliphatic rings. The van der Waals surface area contributed by atoms with Gasteiger partial charge in [-0.25, -0.2) is 0 Å². The molecule has 27 heavy (non-hydrogen) atoms. The van der Waals surface area contributed by atoms with Gasteiger partial charge in [-0.1, -0.05) is 16.8 Å². The van der Waals surface area contributed by atoms with Crippen LogP contribution in [0.1, 0.15) is 30.7 Å². The first-order chi connectivity index (χ1) is 13.2. The zero-order valence-electron chi connectivity index (χ0n) is 14.7. The molecule has 3 aromatic rings. The van der Waals surface area contributed by atoms with Crippen molar-refractivity contribution in [1.82, 2.24) is 20.0 Å². The van der Waals surface area contributed by atoms with Crippen LogP contribution in [-0.2, 0) is 17.8 Å². The summed E-state index contributed by atoms with van der Waals surface area (Å²) in [5, 5.41) is 4.65. The molecule has 2 heterocycles. The second-order valence-electron chi connectivity index (χ2n) is 6.63. The summed E-state index contributed by atoms with van der Waals surface area (Å²) in [6.07, 6.45) is 6.42. The number of pyridine rings is 1. The molecular weight excluding hydrogens is 364 g/mol. The van der Waals surface area contributed by atoms with Gasteiger partial charge in [0.25, 0.3) is 0 Å². The lowest BCUT2D eigenvalue weighted by atomic mass is 10.2. The van der Waals surface area contributed by atoms with Crippen molar-refractivity contribution in [3.63, 3.8) is 0 Å². The molecule has 7 heteroatoms. The van der Waals surface area contributed by atoms with Crippen LogP contribution in [0.15, 0.2) is 53.3 Å². The molecule has 1 amide bonds. The Morgan fingerprint density at radius 2 is 1.89 bits per heavy atom. The molecule has 0 N–H and O–H groups in total. The maximum absolute atomic E-state index is 12.7. The van der Waals surface area contributed by atoms with E-state index in [0.717, 1.165) is 24.0 Å². The molecule has 0 spiro atoms. The molecule has 0 saturated heterocycles. The molecule has 1 fully saturated rings. The predicted molar refractivity (Wildman–Crippen MR) is 101 cm³/mol. The number of carbonyl (C=O) groups excluding carboxylic acids is 1. The number of halogens is 1. The molecule has 0 bridgehead atoms. The van der Waals surface area contributed by atoms with Gasteiger partial charge in [0.2, 0.25) is 17.6 Å². The van der Waals surface area contributed by atoms with E-state index in [0.29, 0.717) is 42.2 Å². The van der Waals surface area contributed by atoms with E-state index in [4.69, 9.17) is 16.1 Å². The number of aryl methyl sites for hydroxylation is 1. The monoisotopic (exact) mass is 382 g/mol. The Morgan fingerprint density at radius 1 is 1.15 bits per heavy atom. The quantitative estimate of drug-likeness (QED) is 0.619. The van der Waals surface area contributed by atoms with E-state index in [1.54, 1.807) is 24.5 Å². The molecular formula is C20H19ClN4O2. The van der Waals surface area contributed by atoms with E-state index in [1.807, 2.05) is 29.2 Å². The molecule has 0 atom stereocenters. The van der Waals surface area contributed by atoms with Crippen molar-refractivity contribution in [1.29, 1.82) is 0 Å². The lowest BCUT2D eigenvalue weighted by Crippen LogP contribution is -2.32. The first kappa shape index (κ1) is 17.7. The number of nitrogens with zero attached hydrogens (tertiary/aromatic N) is 4. The minimum atomic E-state index is 0.112. The van der Waals surface area contributed by atoms with Gasteiger partial charge in [0, 0.05) is 48.4 Å². The first-order valence-corrected chi connectivity index (χ1v) is 9.34. The van der Waals surface area contributed by atoms with Crippen LogP contribution < -0.4 is 0 Å². The van der Waals surface area contributed by atoms with Crippen molar-refractivity contribution in [2.24, 2.45) is 0 Å². The Balaban J connectivity index is 1.37. The van der Waals surface area contributed by atoms with Gasteiger partial charge in [0.05, 0.1) is 0 Å². The van der Waals surface area contributed by atoms with Crippen molar-refractivity contribution in [3.05, 3.63) is 65.3 Å². The highest BCUT2D eigenvalue weighted by Gasteiger charge is 2.32. The highest BCUT2D eigenvalue weighted by molar-refractivity contribution is 6.30. The van der Waals surface area contributed by atoms with Crippen LogP contribution in [0, 0.1) is 0 Å². The Labute approximate surface area is 162 Å². The molecule has 138 valence electrons. The van der Waals surface area contributed by atoms with Crippen LogP contribution in [0.5, 0.6) is 0 Å². The van der Waals surface area contributed by atoms with Crippen molar-refractivity contribution in [2.75, 3.05) is 0 Å². The maximum atomic E-state index is 12.7. The minimum Gasteiger partial charge on any atom is -0.339 e. The van der Waals surface area contributed by atoms with Crippen molar-refractivity contribution >= 4 is 17.5 Å². The third kappa shape index (κ3) is 4.52. The Kier molecular flexibility index (Phi) is 5.16. The fourth-order valence-corrected chi connectivity index (χ4v) is 3.05. The van der Waals surface area contributed by atoms with E-state index in [-0.39, 0.29) is 5.91 Å². The fraction of sp³-hybridized carbons (Fsp3) is 0.300. The van der Waals surface area contributed by atoms with Gasteiger partial charge in [-0.15, -0.1) is 0 Å². The highest BCUT2D eigenvalue weighted by atomic mass is 35.5. The number of amides is 1. The van der Waals surface area contributed by atoms with Gasteiger partial charge in [0.1, 0.15) is 0 Å². The van der Waals surface area contributed by atoms with Crippen LogP contribution in [0.3, 0.4) is 0 Å². The second-order valence-corrected chi connectivity index (χ2v) is 7.06. The van der Waals surface area contributed by atoms with Crippen LogP contribution in [-0.4, -0.2) is 32.0 Å². The Morgan fingerprint density at radius 3 is 2.59 bits per heavy atom. The molecule has 4 rings (SSSR count). The standard InChI is InChI=1S/C20H19ClN4O2/c21-16-3-1-15(2-4-16)20-23-18(27-24-20)7-8-19(26)25(17-5-6-17)13-14-9-11-22-12-10-14/h1-4,9-12,17H,5-8,13H2. The molecule has 2 aromatic heterocycles. The highest BCUT2D eigenvalue weighted by Crippen LogP contribution is 2.29. The first-order valence-electron chi connectivity index (χ1n) is 8.96. The van der Waals surface area contributed by atoms with Gasteiger partial charge in [-0.3, -0.25) is 9.78 Å². The molecule has 1 aromatic carbocycles. The third-order valence-corrected chi connectivity index (χ3v) is 4.79. The van der Waals surface area contributed by atoms with Gasteiger partial charge < -0.3 is 9.42 Å². The number of rotatable bonds is 7. The minimum absolute atomic E-state index is 0.112.